The van der Waals surface area contributed by atoms with Crippen LogP contribution in [-0.4, -0.2) is 23.6 Å². The van der Waals surface area contributed by atoms with Crippen molar-refractivity contribution in [3.05, 3.63) is 58.6 Å². The van der Waals surface area contributed by atoms with Crippen LogP contribution in [0.5, 0.6) is 5.75 Å². The Morgan fingerprint density at radius 3 is 1.97 bits per heavy atom. The van der Waals surface area contributed by atoms with E-state index in [9.17, 15) is 9.59 Å². The van der Waals surface area contributed by atoms with Gasteiger partial charge in [0.05, 0.1) is 17.2 Å². The molecular weight excluding hydrogens is 426 g/mol. The predicted molar refractivity (Wildman–Crippen MR) is 130 cm³/mol. The molecule has 0 radical (unpaired) electrons. The fourth-order valence-corrected chi connectivity index (χ4v) is 3.67. The van der Waals surface area contributed by atoms with Crippen molar-refractivity contribution in [2.75, 3.05) is 11.9 Å². The Hall–Kier alpha value is -2.53. The van der Waals surface area contributed by atoms with Gasteiger partial charge in [0.1, 0.15) is 5.75 Å². The van der Waals surface area contributed by atoms with Crippen LogP contribution in [0.1, 0.15) is 91.8 Å². The molecule has 0 unspecified atom stereocenters. The third-order valence-electron chi connectivity index (χ3n) is 5.34. The van der Waals surface area contributed by atoms with E-state index in [1.807, 2.05) is 0 Å². The Morgan fingerprint density at radius 1 is 0.844 bits per heavy atom. The smallest absolute Gasteiger partial charge is 0.335 e. The molecule has 2 rings (SSSR count). The largest absolute Gasteiger partial charge is 0.492 e. The zero-order valence-corrected chi connectivity index (χ0v) is 19.6. The number of nitrogens with one attached hydrogen (secondary N) is 1. The van der Waals surface area contributed by atoms with Crippen LogP contribution in [0.2, 0.25) is 5.02 Å². The van der Waals surface area contributed by atoms with E-state index in [0.717, 1.165) is 12.8 Å². The van der Waals surface area contributed by atoms with Crippen molar-refractivity contribution in [1.82, 2.24) is 0 Å². The van der Waals surface area contributed by atoms with E-state index in [1.165, 1.54) is 75.6 Å². The molecule has 32 heavy (non-hydrogen) atoms. The predicted octanol–water partition coefficient (Wildman–Crippen LogP) is 7.59. The molecule has 0 saturated carbocycles. The Morgan fingerprint density at radius 2 is 1.41 bits per heavy atom. The highest BCUT2D eigenvalue weighted by molar-refractivity contribution is 6.32. The maximum atomic E-state index is 12.3. The SMILES string of the molecule is CCCCCCCCCCCCOc1ccc(NC(=O)c2ccc(C(=O)O)cc2)cc1Cl. The molecule has 0 heterocycles. The molecule has 2 N–H and O–H groups in total. The average Bonchev–Trinajstić information content (AvgIpc) is 2.78. The van der Waals surface area contributed by atoms with Gasteiger partial charge >= 0.3 is 5.97 Å². The van der Waals surface area contributed by atoms with E-state index in [0.29, 0.717) is 28.6 Å². The third kappa shape index (κ3) is 9.31. The number of ether oxygens (including phenoxy) is 1. The molecule has 0 fully saturated rings. The van der Waals surface area contributed by atoms with Crippen molar-refractivity contribution in [3.8, 4) is 5.75 Å². The van der Waals surface area contributed by atoms with E-state index in [-0.39, 0.29) is 11.5 Å². The second-order valence-electron chi connectivity index (χ2n) is 8.01. The fourth-order valence-electron chi connectivity index (χ4n) is 3.43. The molecule has 2 aromatic carbocycles. The second-order valence-corrected chi connectivity index (χ2v) is 8.42. The molecule has 1 amide bonds. The lowest BCUT2D eigenvalue weighted by atomic mass is 10.1. The summed E-state index contributed by atoms with van der Waals surface area (Å²) in [5.41, 5.74) is 1.05. The number of halogens is 1. The monoisotopic (exact) mass is 459 g/mol. The van der Waals surface area contributed by atoms with Crippen molar-refractivity contribution in [2.45, 2.75) is 71.1 Å². The first-order chi connectivity index (χ1) is 15.5. The summed E-state index contributed by atoms with van der Waals surface area (Å²) in [6.07, 6.45) is 12.7. The maximum absolute atomic E-state index is 12.3. The zero-order valence-electron chi connectivity index (χ0n) is 18.9. The Bertz CT molecular complexity index is 851. The number of amides is 1. The van der Waals surface area contributed by atoms with Crippen LogP contribution in [0.25, 0.3) is 0 Å². The number of carboxylic acid groups (broad SMARTS) is 1. The number of hydrogen-bond acceptors (Lipinski definition) is 3. The molecule has 0 aliphatic carbocycles. The van der Waals surface area contributed by atoms with Crippen molar-refractivity contribution in [3.63, 3.8) is 0 Å². The summed E-state index contributed by atoms with van der Waals surface area (Å²) in [6, 6.07) is 10.9. The van der Waals surface area contributed by atoms with Gasteiger partial charge in [-0.25, -0.2) is 4.79 Å². The van der Waals surface area contributed by atoms with Gasteiger partial charge < -0.3 is 15.2 Å². The molecule has 0 saturated heterocycles. The Labute approximate surface area is 196 Å². The summed E-state index contributed by atoms with van der Waals surface area (Å²) >= 11 is 6.31. The number of carbonyl (C=O) groups is 2. The van der Waals surface area contributed by atoms with Crippen LogP contribution in [0, 0.1) is 0 Å². The summed E-state index contributed by atoms with van der Waals surface area (Å²) in [7, 11) is 0. The van der Waals surface area contributed by atoms with Crippen LogP contribution in [-0.2, 0) is 0 Å². The van der Waals surface area contributed by atoms with Crippen LogP contribution >= 0.6 is 11.6 Å². The number of anilines is 1. The lowest BCUT2D eigenvalue weighted by molar-refractivity contribution is 0.0696. The molecule has 174 valence electrons. The van der Waals surface area contributed by atoms with Gasteiger partial charge in [0.25, 0.3) is 5.91 Å². The molecule has 0 aromatic heterocycles. The van der Waals surface area contributed by atoms with Crippen LogP contribution in [0.3, 0.4) is 0 Å². The van der Waals surface area contributed by atoms with Gasteiger partial charge in [-0.1, -0.05) is 76.3 Å². The van der Waals surface area contributed by atoms with Crippen molar-refractivity contribution in [1.29, 1.82) is 0 Å². The van der Waals surface area contributed by atoms with Gasteiger partial charge in [-0.15, -0.1) is 0 Å². The van der Waals surface area contributed by atoms with Gasteiger partial charge in [-0.05, 0) is 48.9 Å². The highest BCUT2D eigenvalue weighted by atomic mass is 35.5. The number of hydrogen-bond donors (Lipinski definition) is 2. The first-order valence-electron chi connectivity index (χ1n) is 11.6. The van der Waals surface area contributed by atoms with Crippen molar-refractivity contribution >= 4 is 29.2 Å². The minimum atomic E-state index is -1.03. The minimum Gasteiger partial charge on any atom is -0.492 e. The lowest BCUT2D eigenvalue weighted by Gasteiger charge is -2.11. The number of carbonyl (C=O) groups excluding carboxylic acids is 1. The molecule has 6 heteroatoms. The topological polar surface area (TPSA) is 75.6 Å². The fraction of sp³-hybridized carbons (Fsp3) is 0.462. The normalized spacial score (nSPS) is 10.7. The van der Waals surface area contributed by atoms with E-state index in [4.69, 9.17) is 21.4 Å². The lowest BCUT2D eigenvalue weighted by Crippen LogP contribution is -2.12. The first kappa shape index (κ1) is 25.7. The van der Waals surface area contributed by atoms with Crippen molar-refractivity contribution < 1.29 is 19.4 Å². The highest BCUT2D eigenvalue weighted by Gasteiger charge is 2.10. The van der Waals surface area contributed by atoms with E-state index in [2.05, 4.69) is 12.2 Å². The van der Waals surface area contributed by atoms with Gasteiger partial charge in [0, 0.05) is 11.3 Å². The van der Waals surface area contributed by atoms with Gasteiger partial charge in [0.2, 0.25) is 0 Å². The summed E-state index contributed by atoms with van der Waals surface area (Å²) in [4.78, 5) is 23.3. The Kier molecular flexibility index (Phi) is 11.7. The number of aromatic carboxylic acids is 1. The summed E-state index contributed by atoms with van der Waals surface area (Å²) < 4.78 is 5.79. The van der Waals surface area contributed by atoms with Crippen LogP contribution < -0.4 is 10.1 Å². The standard InChI is InChI=1S/C26H34ClNO4/c1-2-3-4-5-6-7-8-9-10-11-18-32-24-17-16-22(19-23(24)27)28-25(29)20-12-14-21(15-13-20)26(30)31/h12-17,19H,2-11,18H2,1H3,(H,28,29)(H,30,31). The van der Waals surface area contributed by atoms with Crippen LogP contribution in [0.4, 0.5) is 5.69 Å². The number of benzene rings is 2. The molecule has 0 bridgehead atoms. The average molecular weight is 460 g/mol. The molecule has 0 spiro atoms. The second kappa shape index (κ2) is 14.5. The number of unbranched alkanes of at least 4 members (excludes halogenated alkanes) is 9. The van der Waals surface area contributed by atoms with E-state index < -0.39 is 5.97 Å². The van der Waals surface area contributed by atoms with Gasteiger partial charge in [-0.3, -0.25) is 4.79 Å². The molecular formula is C26H34ClNO4. The van der Waals surface area contributed by atoms with Crippen LogP contribution in [0.15, 0.2) is 42.5 Å². The molecule has 0 atom stereocenters. The van der Waals surface area contributed by atoms with E-state index >= 15 is 0 Å². The highest BCUT2D eigenvalue weighted by Crippen LogP contribution is 2.28. The molecule has 2 aromatic rings. The van der Waals surface area contributed by atoms with Gasteiger partial charge in [0.15, 0.2) is 0 Å². The zero-order chi connectivity index (χ0) is 23.2. The maximum Gasteiger partial charge on any atom is 0.335 e. The molecule has 0 aliphatic heterocycles. The summed E-state index contributed by atoms with van der Waals surface area (Å²) in [6.45, 7) is 2.87. The quantitative estimate of drug-likeness (QED) is 0.269. The third-order valence-corrected chi connectivity index (χ3v) is 5.63. The summed E-state index contributed by atoms with van der Waals surface area (Å²) in [5, 5.41) is 12.1. The number of rotatable bonds is 15. The van der Waals surface area contributed by atoms with Crippen molar-refractivity contribution in [2.24, 2.45) is 0 Å². The summed E-state index contributed by atoms with van der Waals surface area (Å²) in [5.74, 6) is -0.763. The first-order valence-corrected chi connectivity index (χ1v) is 12.0. The van der Waals surface area contributed by atoms with Gasteiger partial charge in [-0.2, -0.15) is 0 Å². The van der Waals surface area contributed by atoms with E-state index in [1.54, 1.807) is 18.2 Å². The number of carboxylic acids is 1. The minimum absolute atomic E-state index is 0.133. The molecule has 5 nitrogen and oxygen atoms in total. The molecule has 0 aliphatic rings. The Balaban J connectivity index is 1.67.